The Kier molecular flexibility index (Phi) is 3.14. The molecular formula is C13H19NO. The number of hydrogen-bond donors (Lipinski definition) is 0. The second kappa shape index (κ2) is 4.56. The second-order valence-corrected chi connectivity index (χ2v) is 4.05. The summed E-state index contributed by atoms with van der Waals surface area (Å²) in [5, 5.41) is 0. The fourth-order valence-corrected chi connectivity index (χ4v) is 2.16. The van der Waals surface area contributed by atoms with Crippen LogP contribution in [0.4, 0.5) is 5.69 Å². The molecule has 0 radical (unpaired) electrons. The van der Waals surface area contributed by atoms with Crippen molar-refractivity contribution in [3.05, 3.63) is 23.8 Å². The van der Waals surface area contributed by atoms with Crippen molar-refractivity contribution in [3.63, 3.8) is 0 Å². The number of benzene rings is 1. The van der Waals surface area contributed by atoms with Gasteiger partial charge in [-0.15, -0.1) is 0 Å². The number of rotatable bonds is 3. The third kappa shape index (κ3) is 2.09. The van der Waals surface area contributed by atoms with Crippen molar-refractivity contribution < 1.29 is 4.74 Å². The molecule has 0 atom stereocenters. The Labute approximate surface area is 91.9 Å². The Morgan fingerprint density at radius 1 is 1.27 bits per heavy atom. The largest absolute Gasteiger partial charge is 0.495 e. The zero-order valence-electron chi connectivity index (χ0n) is 9.62. The van der Waals surface area contributed by atoms with Crippen molar-refractivity contribution >= 4 is 5.69 Å². The highest BCUT2D eigenvalue weighted by atomic mass is 16.5. The van der Waals surface area contributed by atoms with Crippen LogP contribution in [0.25, 0.3) is 0 Å². The van der Waals surface area contributed by atoms with E-state index in [1.54, 1.807) is 7.11 Å². The molecule has 0 amide bonds. The lowest BCUT2D eigenvalue weighted by molar-refractivity contribution is 0.414. The number of hydrogen-bond acceptors (Lipinski definition) is 2. The number of anilines is 1. The summed E-state index contributed by atoms with van der Waals surface area (Å²) in [7, 11) is 1.76. The van der Waals surface area contributed by atoms with Crippen LogP contribution in [0.2, 0.25) is 0 Å². The molecule has 0 aromatic heterocycles. The van der Waals surface area contributed by atoms with Crippen molar-refractivity contribution in [2.75, 3.05) is 25.1 Å². The predicted octanol–water partition coefficient (Wildman–Crippen LogP) is 2.86. The Hall–Kier alpha value is -1.18. The third-order valence-corrected chi connectivity index (χ3v) is 3.10. The van der Waals surface area contributed by atoms with Crippen LogP contribution in [-0.2, 0) is 6.42 Å². The highest BCUT2D eigenvalue weighted by Crippen LogP contribution is 2.31. The van der Waals surface area contributed by atoms with Crippen LogP contribution < -0.4 is 9.64 Å². The minimum atomic E-state index is 1.02. The lowest BCUT2D eigenvalue weighted by atomic mass is 10.1. The highest BCUT2D eigenvalue weighted by molar-refractivity contribution is 5.60. The van der Waals surface area contributed by atoms with Gasteiger partial charge in [0.15, 0.2) is 0 Å². The number of methoxy groups -OCH3 is 1. The van der Waals surface area contributed by atoms with Gasteiger partial charge in [0.1, 0.15) is 5.75 Å². The summed E-state index contributed by atoms with van der Waals surface area (Å²) in [6.45, 7) is 4.51. The Morgan fingerprint density at radius 2 is 2.00 bits per heavy atom. The first-order valence-corrected chi connectivity index (χ1v) is 5.77. The summed E-state index contributed by atoms with van der Waals surface area (Å²) in [4.78, 5) is 2.41. The summed E-state index contributed by atoms with van der Waals surface area (Å²) in [6, 6.07) is 6.56. The van der Waals surface area contributed by atoms with Crippen LogP contribution >= 0.6 is 0 Å². The SMILES string of the molecule is CCc1ccc(N2CCCC2)c(OC)c1. The number of aryl methyl sites for hydroxylation is 1. The molecule has 0 N–H and O–H groups in total. The van der Waals surface area contributed by atoms with Gasteiger partial charge in [0.25, 0.3) is 0 Å². The van der Waals surface area contributed by atoms with E-state index in [1.165, 1.54) is 37.2 Å². The summed E-state index contributed by atoms with van der Waals surface area (Å²) in [5.74, 6) is 1.02. The van der Waals surface area contributed by atoms with Gasteiger partial charge in [0.05, 0.1) is 12.8 Å². The molecule has 2 heteroatoms. The van der Waals surface area contributed by atoms with Crippen molar-refractivity contribution in [2.45, 2.75) is 26.2 Å². The maximum absolute atomic E-state index is 5.46. The zero-order chi connectivity index (χ0) is 10.7. The lowest BCUT2D eigenvalue weighted by Crippen LogP contribution is -2.18. The molecule has 0 spiro atoms. The molecule has 0 unspecified atom stereocenters. The van der Waals surface area contributed by atoms with Crippen LogP contribution in [0.15, 0.2) is 18.2 Å². The maximum atomic E-state index is 5.46. The summed E-state index contributed by atoms with van der Waals surface area (Å²) < 4.78 is 5.46. The van der Waals surface area contributed by atoms with Crippen molar-refractivity contribution in [1.82, 2.24) is 0 Å². The van der Waals surface area contributed by atoms with Crippen LogP contribution in [-0.4, -0.2) is 20.2 Å². The van der Waals surface area contributed by atoms with Crippen molar-refractivity contribution in [3.8, 4) is 5.75 Å². The van der Waals surface area contributed by atoms with E-state index >= 15 is 0 Å². The summed E-state index contributed by atoms with van der Waals surface area (Å²) in [5.41, 5.74) is 2.60. The molecule has 0 bridgehead atoms. The van der Waals surface area contributed by atoms with Gasteiger partial charge >= 0.3 is 0 Å². The van der Waals surface area contributed by atoms with E-state index in [-0.39, 0.29) is 0 Å². The number of ether oxygens (including phenoxy) is 1. The van der Waals surface area contributed by atoms with E-state index in [0.29, 0.717) is 0 Å². The maximum Gasteiger partial charge on any atom is 0.142 e. The standard InChI is InChI=1S/C13H19NO/c1-3-11-6-7-12(13(10-11)15-2)14-8-4-5-9-14/h6-7,10H,3-5,8-9H2,1-2H3. The fourth-order valence-electron chi connectivity index (χ4n) is 2.16. The van der Waals surface area contributed by atoms with Gasteiger partial charge in [0, 0.05) is 13.1 Å². The molecule has 2 rings (SSSR count). The van der Waals surface area contributed by atoms with Crippen LogP contribution in [0, 0.1) is 0 Å². The smallest absolute Gasteiger partial charge is 0.142 e. The van der Waals surface area contributed by atoms with Crippen LogP contribution in [0.3, 0.4) is 0 Å². The van der Waals surface area contributed by atoms with E-state index < -0.39 is 0 Å². The van der Waals surface area contributed by atoms with Crippen LogP contribution in [0.5, 0.6) is 5.75 Å². The normalized spacial score (nSPS) is 15.7. The predicted molar refractivity (Wildman–Crippen MR) is 63.8 cm³/mol. The molecule has 1 aliphatic rings. The molecule has 1 aromatic carbocycles. The molecule has 1 heterocycles. The van der Waals surface area contributed by atoms with Gasteiger partial charge in [-0.25, -0.2) is 0 Å². The Balaban J connectivity index is 2.29. The van der Waals surface area contributed by atoms with Crippen molar-refractivity contribution in [1.29, 1.82) is 0 Å². The van der Waals surface area contributed by atoms with E-state index in [2.05, 4.69) is 30.0 Å². The van der Waals surface area contributed by atoms with E-state index in [4.69, 9.17) is 4.74 Å². The first-order valence-electron chi connectivity index (χ1n) is 5.77. The van der Waals surface area contributed by atoms with Crippen LogP contribution in [0.1, 0.15) is 25.3 Å². The molecule has 1 aromatic rings. The number of nitrogens with zero attached hydrogens (tertiary/aromatic N) is 1. The molecule has 0 saturated carbocycles. The average Bonchev–Trinajstić information content (AvgIpc) is 2.81. The molecule has 1 saturated heterocycles. The van der Waals surface area contributed by atoms with Gasteiger partial charge in [-0.05, 0) is 37.0 Å². The fraction of sp³-hybridized carbons (Fsp3) is 0.538. The Bertz CT molecular complexity index is 329. The summed E-state index contributed by atoms with van der Waals surface area (Å²) >= 11 is 0. The van der Waals surface area contributed by atoms with Gasteiger partial charge < -0.3 is 9.64 Å². The van der Waals surface area contributed by atoms with Crippen molar-refractivity contribution in [2.24, 2.45) is 0 Å². The summed E-state index contributed by atoms with van der Waals surface area (Å²) in [6.07, 6.45) is 3.67. The van der Waals surface area contributed by atoms with Gasteiger partial charge in [0.2, 0.25) is 0 Å². The first-order chi connectivity index (χ1) is 7.35. The first kappa shape index (κ1) is 10.3. The minimum absolute atomic E-state index is 1.02. The van der Waals surface area contributed by atoms with Gasteiger partial charge in [-0.3, -0.25) is 0 Å². The Morgan fingerprint density at radius 3 is 2.60 bits per heavy atom. The molecule has 82 valence electrons. The highest BCUT2D eigenvalue weighted by Gasteiger charge is 2.16. The third-order valence-electron chi connectivity index (χ3n) is 3.10. The quantitative estimate of drug-likeness (QED) is 0.752. The molecule has 2 nitrogen and oxygen atoms in total. The lowest BCUT2D eigenvalue weighted by Gasteiger charge is -2.21. The molecular weight excluding hydrogens is 186 g/mol. The molecule has 1 fully saturated rings. The zero-order valence-corrected chi connectivity index (χ0v) is 9.62. The van der Waals surface area contributed by atoms with E-state index in [1.807, 2.05) is 0 Å². The molecule has 0 aliphatic carbocycles. The molecule has 15 heavy (non-hydrogen) atoms. The minimum Gasteiger partial charge on any atom is -0.495 e. The average molecular weight is 205 g/mol. The monoisotopic (exact) mass is 205 g/mol. The van der Waals surface area contributed by atoms with E-state index in [9.17, 15) is 0 Å². The van der Waals surface area contributed by atoms with Gasteiger partial charge in [-0.1, -0.05) is 13.0 Å². The second-order valence-electron chi connectivity index (χ2n) is 4.05. The van der Waals surface area contributed by atoms with Gasteiger partial charge in [-0.2, -0.15) is 0 Å². The topological polar surface area (TPSA) is 12.5 Å². The molecule has 1 aliphatic heterocycles. The van der Waals surface area contributed by atoms with E-state index in [0.717, 1.165) is 12.2 Å².